The fraction of sp³-hybridized carbons (Fsp3) is 0.120. The van der Waals surface area contributed by atoms with Gasteiger partial charge in [0.25, 0.3) is 5.78 Å². The second-order valence-corrected chi connectivity index (χ2v) is 8.70. The van der Waals surface area contributed by atoms with Gasteiger partial charge in [0.2, 0.25) is 0 Å². The van der Waals surface area contributed by atoms with Gasteiger partial charge >= 0.3 is 0 Å². The molecule has 2 heterocycles. The highest BCUT2D eigenvalue weighted by atomic mass is 79.9. The third kappa shape index (κ3) is 3.76. The average molecular weight is 486 g/mol. The largest absolute Gasteiger partial charge is 0.329 e. The van der Waals surface area contributed by atoms with Gasteiger partial charge < -0.3 is 4.90 Å². The van der Waals surface area contributed by atoms with Gasteiger partial charge in [-0.05, 0) is 53.9 Å². The van der Waals surface area contributed by atoms with Crippen LogP contribution in [0.1, 0.15) is 12.5 Å². The molecular formula is C25H20BrN5O. The molecule has 5 rings (SSSR count). The smallest absolute Gasteiger partial charge is 0.257 e. The van der Waals surface area contributed by atoms with E-state index in [0.717, 1.165) is 43.6 Å². The Bertz CT molecular complexity index is 1460. The van der Waals surface area contributed by atoms with Crippen LogP contribution in [0.15, 0.2) is 77.5 Å². The van der Waals surface area contributed by atoms with Gasteiger partial charge in [0.05, 0.1) is 5.52 Å². The summed E-state index contributed by atoms with van der Waals surface area (Å²) in [4.78, 5) is 18.2. The molecule has 0 atom stereocenters. The van der Waals surface area contributed by atoms with Gasteiger partial charge in [-0.15, -0.1) is 10.2 Å². The normalized spacial score (nSPS) is 11.2. The molecule has 3 aromatic carbocycles. The number of carbonyl (C=O) groups is 1. The summed E-state index contributed by atoms with van der Waals surface area (Å²) in [7, 11) is 2.01. The lowest BCUT2D eigenvalue weighted by atomic mass is 10.0. The first-order valence-electron chi connectivity index (χ1n) is 10.2. The highest BCUT2D eigenvalue weighted by Gasteiger charge is 2.15. The Morgan fingerprint density at radius 3 is 2.62 bits per heavy atom. The maximum absolute atomic E-state index is 11.4. The fourth-order valence-electron chi connectivity index (χ4n) is 3.90. The summed E-state index contributed by atoms with van der Waals surface area (Å²) < 4.78 is 2.87. The van der Waals surface area contributed by atoms with Crippen molar-refractivity contribution in [3.8, 4) is 11.1 Å². The Kier molecular flexibility index (Phi) is 5.19. The molecule has 6 nitrogen and oxygen atoms in total. The van der Waals surface area contributed by atoms with Crippen molar-refractivity contribution in [2.75, 3.05) is 11.9 Å². The summed E-state index contributed by atoms with van der Waals surface area (Å²) in [6, 6.07) is 22.6. The zero-order valence-electron chi connectivity index (χ0n) is 17.7. The van der Waals surface area contributed by atoms with Crippen molar-refractivity contribution in [1.82, 2.24) is 19.6 Å². The van der Waals surface area contributed by atoms with Gasteiger partial charge in [-0.3, -0.25) is 9.20 Å². The summed E-state index contributed by atoms with van der Waals surface area (Å²) in [5.74, 6) is 1.52. The summed E-state index contributed by atoms with van der Waals surface area (Å²) >= 11 is 3.56. The molecule has 0 fully saturated rings. The first-order valence-corrected chi connectivity index (χ1v) is 11.0. The molecule has 0 N–H and O–H groups in total. The number of nitrogens with zero attached hydrogens (tertiary/aromatic N) is 5. The Morgan fingerprint density at radius 2 is 1.84 bits per heavy atom. The monoisotopic (exact) mass is 485 g/mol. The molecule has 0 unspecified atom stereocenters. The van der Waals surface area contributed by atoms with E-state index >= 15 is 0 Å². The highest BCUT2D eigenvalue weighted by Crippen LogP contribution is 2.33. The van der Waals surface area contributed by atoms with E-state index in [4.69, 9.17) is 4.98 Å². The molecule has 0 spiro atoms. The van der Waals surface area contributed by atoms with Crippen molar-refractivity contribution >= 4 is 49.9 Å². The molecule has 0 saturated heterocycles. The van der Waals surface area contributed by atoms with E-state index in [1.165, 1.54) is 0 Å². The molecule has 5 aromatic rings. The summed E-state index contributed by atoms with van der Waals surface area (Å²) in [5.41, 5.74) is 5.21. The number of aromatic nitrogens is 4. The summed E-state index contributed by atoms with van der Waals surface area (Å²) in [6.07, 6.45) is 2.14. The maximum atomic E-state index is 11.4. The van der Waals surface area contributed by atoms with Crippen LogP contribution >= 0.6 is 15.9 Å². The fourth-order valence-corrected chi connectivity index (χ4v) is 4.25. The van der Waals surface area contributed by atoms with Crippen LogP contribution in [0.2, 0.25) is 0 Å². The second-order valence-electron chi connectivity index (χ2n) is 7.78. The van der Waals surface area contributed by atoms with Gasteiger partial charge in [-0.1, -0.05) is 52.3 Å². The standard InChI is InChI=1S/C25H20BrN5O/c1-16(32)12-17-6-8-18(9-7-17)19-4-3-5-21(13-19)30(2)24-22-11-10-20(26)14-23(22)31-15-27-29-25(31)28-24/h3-11,13-15H,12H2,1-2H3. The van der Waals surface area contributed by atoms with E-state index in [0.29, 0.717) is 12.2 Å². The molecule has 0 aliphatic heterocycles. The van der Waals surface area contributed by atoms with Crippen molar-refractivity contribution in [3.05, 3.63) is 83.1 Å². The minimum Gasteiger partial charge on any atom is -0.329 e. The highest BCUT2D eigenvalue weighted by molar-refractivity contribution is 9.10. The molecule has 158 valence electrons. The topological polar surface area (TPSA) is 63.4 Å². The molecule has 0 bridgehead atoms. The van der Waals surface area contributed by atoms with Crippen LogP contribution in [0.25, 0.3) is 27.8 Å². The Hall–Kier alpha value is -3.58. The number of halogens is 1. The van der Waals surface area contributed by atoms with Gasteiger partial charge in [0.1, 0.15) is 17.9 Å². The van der Waals surface area contributed by atoms with E-state index in [2.05, 4.69) is 67.4 Å². The van der Waals surface area contributed by atoms with Crippen molar-refractivity contribution in [2.45, 2.75) is 13.3 Å². The molecule has 0 aliphatic rings. The zero-order chi connectivity index (χ0) is 22.2. The van der Waals surface area contributed by atoms with Crippen molar-refractivity contribution in [2.24, 2.45) is 0 Å². The molecule has 0 aliphatic carbocycles. The van der Waals surface area contributed by atoms with Crippen molar-refractivity contribution < 1.29 is 4.79 Å². The minimum absolute atomic E-state index is 0.165. The second kappa shape index (κ2) is 8.16. The van der Waals surface area contributed by atoms with Crippen LogP contribution in [0.3, 0.4) is 0 Å². The number of hydrogen-bond donors (Lipinski definition) is 0. The lowest BCUT2D eigenvalue weighted by Crippen LogP contribution is -2.13. The van der Waals surface area contributed by atoms with Gasteiger partial charge in [0, 0.05) is 29.0 Å². The number of benzene rings is 3. The zero-order valence-corrected chi connectivity index (χ0v) is 19.2. The molecule has 2 aromatic heterocycles. The van der Waals surface area contributed by atoms with Crippen LogP contribution in [0.4, 0.5) is 11.5 Å². The molecule has 0 radical (unpaired) electrons. The SMILES string of the molecule is CC(=O)Cc1ccc(-c2cccc(N(C)c3nc4nncn4c4cc(Br)ccc34)c2)cc1. The van der Waals surface area contributed by atoms with E-state index in [1.807, 2.05) is 41.8 Å². The van der Waals surface area contributed by atoms with E-state index in [1.54, 1.807) is 13.3 Å². The number of ketones is 1. The average Bonchev–Trinajstić information content (AvgIpc) is 3.27. The predicted octanol–water partition coefficient (Wildman–Crippen LogP) is 5.61. The third-order valence-corrected chi connectivity index (χ3v) is 5.98. The first-order chi connectivity index (χ1) is 15.5. The molecule has 0 saturated carbocycles. The number of Topliss-reactive ketones (excluding diaryl/α,β-unsaturated/α-hetero) is 1. The first kappa shape index (κ1) is 20.3. The number of hydrogen-bond acceptors (Lipinski definition) is 5. The van der Waals surface area contributed by atoms with E-state index < -0.39 is 0 Å². The number of fused-ring (bicyclic) bond motifs is 3. The summed E-state index contributed by atoms with van der Waals surface area (Å²) in [6.45, 7) is 1.61. The lowest BCUT2D eigenvalue weighted by Gasteiger charge is -2.21. The van der Waals surface area contributed by atoms with Gasteiger partial charge in [0.15, 0.2) is 0 Å². The maximum Gasteiger partial charge on any atom is 0.257 e. The number of carbonyl (C=O) groups excluding carboxylic acids is 1. The summed E-state index contributed by atoms with van der Waals surface area (Å²) in [5, 5.41) is 9.20. The van der Waals surface area contributed by atoms with Crippen molar-refractivity contribution in [1.29, 1.82) is 0 Å². The third-order valence-electron chi connectivity index (χ3n) is 5.49. The molecule has 7 heteroatoms. The van der Waals surface area contributed by atoms with Crippen LogP contribution in [-0.2, 0) is 11.2 Å². The molecular weight excluding hydrogens is 466 g/mol. The Morgan fingerprint density at radius 1 is 1.03 bits per heavy atom. The van der Waals surface area contributed by atoms with Crippen LogP contribution in [0, 0.1) is 0 Å². The minimum atomic E-state index is 0.165. The van der Waals surface area contributed by atoms with Gasteiger partial charge in [-0.2, -0.15) is 4.98 Å². The predicted molar refractivity (Wildman–Crippen MR) is 130 cm³/mol. The van der Waals surface area contributed by atoms with Crippen molar-refractivity contribution in [3.63, 3.8) is 0 Å². The van der Waals surface area contributed by atoms with E-state index in [-0.39, 0.29) is 5.78 Å². The van der Waals surface area contributed by atoms with Gasteiger partial charge in [-0.25, -0.2) is 0 Å². The number of rotatable bonds is 5. The quantitative estimate of drug-likeness (QED) is 0.323. The van der Waals surface area contributed by atoms with Crippen LogP contribution in [0.5, 0.6) is 0 Å². The molecule has 32 heavy (non-hydrogen) atoms. The Labute approximate surface area is 193 Å². The Balaban J connectivity index is 1.56. The van der Waals surface area contributed by atoms with Crippen LogP contribution < -0.4 is 4.90 Å². The lowest BCUT2D eigenvalue weighted by molar-refractivity contribution is -0.116. The van der Waals surface area contributed by atoms with Crippen LogP contribution in [-0.4, -0.2) is 32.4 Å². The number of anilines is 2. The molecule has 0 amide bonds. The van der Waals surface area contributed by atoms with E-state index in [9.17, 15) is 4.79 Å².